The summed E-state index contributed by atoms with van der Waals surface area (Å²) >= 11 is 5.87. The number of carbonyl (C=O) groups is 2. The van der Waals surface area contributed by atoms with E-state index in [9.17, 15) is 31.2 Å². The molecule has 1 amide bonds. The predicted octanol–water partition coefficient (Wildman–Crippen LogP) is 2.97. The van der Waals surface area contributed by atoms with Gasteiger partial charge >= 0.3 is 12.1 Å². The average Bonchev–Trinajstić information content (AvgIpc) is 2.65. The van der Waals surface area contributed by atoms with Gasteiger partial charge in [0.1, 0.15) is 6.54 Å². The molecule has 0 spiro atoms. The molecule has 0 atom stereocenters. The molecule has 0 aliphatic heterocycles. The highest BCUT2D eigenvalue weighted by atomic mass is 35.5. The van der Waals surface area contributed by atoms with Crippen molar-refractivity contribution in [1.82, 2.24) is 5.43 Å². The van der Waals surface area contributed by atoms with E-state index in [0.717, 1.165) is 12.3 Å². The third kappa shape index (κ3) is 6.43. The summed E-state index contributed by atoms with van der Waals surface area (Å²) in [5.74, 6) is -2.22. The Hall–Kier alpha value is -3.12. The number of sulfonamides is 1. The van der Waals surface area contributed by atoms with Gasteiger partial charge in [0.2, 0.25) is 10.0 Å². The number of nitrogens with one attached hydrogen (secondary N) is 1. The van der Waals surface area contributed by atoms with Gasteiger partial charge < -0.3 is 5.11 Å². The molecule has 2 N–H and O–H groups in total. The lowest BCUT2D eigenvalue weighted by molar-refractivity contribution is -0.137. The number of aromatic carboxylic acids is 1. The molecule has 0 saturated carbocycles. The fourth-order valence-electron chi connectivity index (χ4n) is 2.41. The van der Waals surface area contributed by atoms with Crippen LogP contribution in [0.5, 0.6) is 0 Å². The van der Waals surface area contributed by atoms with Gasteiger partial charge in [0.05, 0.1) is 34.3 Å². The van der Waals surface area contributed by atoms with Crippen LogP contribution in [0.3, 0.4) is 0 Å². The lowest BCUT2D eigenvalue weighted by Gasteiger charge is -2.23. The van der Waals surface area contributed by atoms with E-state index in [1.54, 1.807) is 0 Å². The van der Waals surface area contributed by atoms with E-state index in [-0.39, 0.29) is 16.1 Å². The first-order valence-electron chi connectivity index (χ1n) is 8.29. The minimum atomic E-state index is -4.76. The summed E-state index contributed by atoms with van der Waals surface area (Å²) in [7, 11) is -4.20. The van der Waals surface area contributed by atoms with Crippen LogP contribution < -0.4 is 9.73 Å². The fourth-order valence-corrected chi connectivity index (χ4v) is 3.53. The van der Waals surface area contributed by atoms with Gasteiger partial charge in [-0.1, -0.05) is 29.8 Å². The molecule has 0 heterocycles. The van der Waals surface area contributed by atoms with Gasteiger partial charge in [-0.2, -0.15) is 18.3 Å². The molecule has 0 unspecified atom stereocenters. The first-order chi connectivity index (χ1) is 14.3. The van der Waals surface area contributed by atoms with Crippen molar-refractivity contribution < 1.29 is 36.3 Å². The Morgan fingerprint density at radius 2 is 1.87 bits per heavy atom. The minimum absolute atomic E-state index is 0.0889. The molecule has 0 aliphatic carbocycles. The van der Waals surface area contributed by atoms with Gasteiger partial charge in [-0.05, 0) is 24.3 Å². The molecule has 31 heavy (non-hydrogen) atoms. The minimum Gasteiger partial charge on any atom is -0.478 e. The molecule has 0 aliphatic rings. The van der Waals surface area contributed by atoms with E-state index in [0.29, 0.717) is 22.7 Å². The summed E-state index contributed by atoms with van der Waals surface area (Å²) in [6, 6.07) is 7.83. The first kappa shape index (κ1) is 24.2. The number of carbonyl (C=O) groups excluding carboxylic acids is 1. The van der Waals surface area contributed by atoms with Crippen molar-refractivity contribution in [2.24, 2.45) is 5.10 Å². The Morgan fingerprint density at radius 3 is 2.45 bits per heavy atom. The Morgan fingerprint density at radius 1 is 1.23 bits per heavy atom. The highest BCUT2D eigenvalue weighted by molar-refractivity contribution is 7.92. The van der Waals surface area contributed by atoms with E-state index in [2.05, 4.69) is 5.10 Å². The number of alkyl halides is 3. The van der Waals surface area contributed by atoms with Crippen molar-refractivity contribution in [1.29, 1.82) is 0 Å². The Bertz CT molecular complexity index is 1140. The number of anilines is 1. The first-order valence-corrected chi connectivity index (χ1v) is 10.5. The largest absolute Gasteiger partial charge is 0.478 e. The van der Waals surface area contributed by atoms with Crippen molar-refractivity contribution in [2.45, 2.75) is 6.18 Å². The molecule has 0 saturated heterocycles. The maximum absolute atomic E-state index is 13.0. The molecule has 0 bridgehead atoms. The van der Waals surface area contributed by atoms with Gasteiger partial charge in [-0.3, -0.25) is 9.10 Å². The maximum atomic E-state index is 13.0. The van der Waals surface area contributed by atoms with Crippen molar-refractivity contribution in [3.8, 4) is 0 Å². The van der Waals surface area contributed by atoms with E-state index in [4.69, 9.17) is 16.7 Å². The van der Waals surface area contributed by atoms with Crippen LogP contribution in [0.15, 0.2) is 47.6 Å². The molecule has 2 aromatic carbocycles. The number of hydrogen-bond acceptors (Lipinski definition) is 5. The smallest absolute Gasteiger partial charge is 0.416 e. The van der Waals surface area contributed by atoms with Gasteiger partial charge in [0.15, 0.2) is 0 Å². The topological polar surface area (TPSA) is 116 Å². The number of rotatable bonds is 7. The summed E-state index contributed by atoms with van der Waals surface area (Å²) in [5, 5.41) is 12.4. The van der Waals surface area contributed by atoms with Crippen LogP contribution in [0.1, 0.15) is 21.5 Å². The van der Waals surface area contributed by atoms with Crippen LogP contribution in [0.25, 0.3) is 0 Å². The van der Waals surface area contributed by atoms with E-state index in [1.807, 2.05) is 5.43 Å². The number of carboxylic acid groups (broad SMARTS) is 1. The molecule has 8 nitrogen and oxygen atoms in total. The number of amides is 1. The van der Waals surface area contributed by atoms with E-state index in [1.165, 1.54) is 24.3 Å². The Balaban J connectivity index is 2.26. The van der Waals surface area contributed by atoms with E-state index >= 15 is 0 Å². The van der Waals surface area contributed by atoms with Crippen LogP contribution >= 0.6 is 11.6 Å². The zero-order valence-corrected chi connectivity index (χ0v) is 17.3. The third-order valence-electron chi connectivity index (χ3n) is 3.81. The Kier molecular flexibility index (Phi) is 7.28. The van der Waals surface area contributed by atoms with E-state index < -0.39 is 45.9 Å². The second-order valence-electron chi connectivity index (χ2n) is 6.12. The van der Waals surface area contributed by atoms with Gasteiger partial charge in [0, 0.05) is 5.56 Å². The number of hydrazone groups is 1. The summed E-state index contributed by atoms with van der Waals surface area (Å²) < 4.78 is 63.6. The summed E-state index contributed by atoms with van der Waals surface area (Å²) in [6.45, 7) is -0.919. The SMILES string of the molecule is CS(=O)(=O)N(CC(=O)N/N=C\c1ccccc1C(=O)O)c1cc(C(F)(F)F)ccc1Cl. The third-order valence-corrected chi connectivity index (χ3v) is 5.26. The van der Waals surface area contributed by atoms with Crippen molar-refractivity contribution in [2.75, 3.05) is 17.1 Å². The second kappa shape index (κ2) is 9.35. The summed E-state index contributed by atoms with van der Waals surface area (Å²) in [4.78, 5) is 23.3. The lowest BCUT2D eigenvalue weighted by Crippen LogP contribution is -2.39. The molecular weight excluding hydrogens is 463 g/mol. The predicted molar refractivity (Wildman–Crippen MR) is 108 cm³/mol. The number of halogens is 4. The van der Waals surface area contributed by atoms with Gasteiger partial charge in [-0.15, -0.1) is 0 Å². The normalized spacial score (nSPS) is 12.0. The highest BCUT2D eigenvalue weighted by Crippen LogP contribution is 2.36. The number of benzene rings is 2. The fraction of sp³-hybridized carbons (Fsp3) is 0.167. The van der Waals surface area contributed by atoms with Crippen LogP contribution in [-0.4, -0.2) is 44.4 Å². The van der Waals surface area contributed by atoms with Gasteiger partial charge in [0.25, 0.3) is 5.91 Å². The van der Waals surface area contributed by atoms with Crippen LogP contribution in [0, 0.1) is 0 Å². The molecule has 0 fully saturated rings. The molecular formula is C18H15ClF3N3O5S. The average molecular weight is 478 g/mol. The zero-order valence-electron chi connectivity index (χ0n) is 15.7. The van der Waals surface area contributed by atoms with Crippen molar-refractivity contribution in [3.63, 3.8) is 0 Å². The molecule has 2 aromatic rings. The van der Waals surface area contributed by atoms with Crippen LogP contribution in [0.2, 0.25) is 5.02 Å². The van der Waals surface area contributed by atoms with Crippen LogP contribution in [0.4, 0.5) is 18.9 Å². The number of nitrogens with zero attached hydrogens (tertiary/aromatic N) is 2. The quantitative estimate of drug-likeness (QED) is 0.470. The molecule has 166 valence electrons. The monoisotopic (exact) mass is 477 g/mol. The van der Waals surface area contributed by atoms with Gasteiger partial charge in [-0.25, -0.2) is 18.6 Å². The van der Waals surface area contributed by atoms with Crippen molar-refractivity contribution >= 4 is 45.4 Å². The van der Waals surface area contributed by atoms with Crippen molar-refractivity contribution in [3.05, 3.63) is 64.2 Å². The Labute approximate surface area is 180 Å². The standard InChI is InChI=1S/C18H15ClF3N3O5S/c1-31(29,30)25(15-8-12(18(20,21)22)6-7-14(15)19)10-16(26)24-23-9-11-4-2-3-5-13(11)17(27)28/h2-9H,10H2,1H3,(H,24,26)(H,27,28)/b23-9-. The zero-order chi connectivity index (χ0) is 23.4. The summed E-state index contributed by atoms with van der Waals surface area (Å²) in [6.07, 6.45) is -3.03. The maximum Gasteiger partial charge on any atom is 0.416 e. The molecule has 2 rings (SSSR count). The molecule has 0 radical (unpaired) electrons. The second-order valence-corrected chi connectivity index (χ2v) is 8.43. The van der Waals surface area contributed by atoms with Crippen LogP contribution in [-0.2, 0) is 21.0 Å². The number of hydrogen-bond donors (Lipinski definition) is 2. The highest BCUT2D eigenvalue weighted by Gasteiger charge is 2.33. The molecule has 0 aromatic heterocycles. The number of carboxylic acids is 1. The molecule has 13 heteroatoms. The lowest BCUT2D eigenvalue weighted by atomic mass is 10.1. The summed E-state index contributed by atoms with van der Waals surface area (Å²) in [5.41, 5.74) is 0.393.